The molecule has 0 N–H and O–H groups in total. The van der Waals surface area contributed by atoms with Gasteiger partial charge in [0, 0.05) is 14.6 Å². The minimum absolute atomic E-state index is 0.261. The van der Waals surface area contributed by atoms with Crippen molar-refractivity contribution >= 4 is 14.6 Å². The number of rotatable bonds is 31. The molecule has 0 aliphatic carbocycles. The van der Waals surface area contributed by atoms with Crippen molar-refractivity contribution in [2.75, 3.05) is 37.0 Å². The van der Waals surface area contributed by atoms with Crippen LogP contribution in [0.5, 0.6) is 0 Å². The predicted molar refractivity (Wildman–Crippen MR) is 202 cm³/mol. The van der Waals surface area contributed by atoms with Gasteiger partial charge in [0.2, 0.25) is 0 Å². The monoisotopic (exact) mass is 647 g/mol. The molecule has 0 radical (unpaired) electrons. The Kier molecular flexibility index (Phi) is 34.6. The molecular formula is C39H84O2P2. The van der Waals surface area contributed by atoms with Gasteiger partial charge in [0.25, 0.3) is 0 Å². The molecule has 0 aromatic heterocycles. The fourth-order valence-electron chi connectivity index (χ4n) is 6.59. The fraction of sp³-hybridized carbons (Fsp3) is 1.00. The second-order valence-corrected chi connectivity index (χ2v) is 21.8. The van der Waals surface area contributed by atoms with E-state index in [2.05, 4.69) is 27.7 Å². The summed E-state index contributed by atoms with van der Waals surface area (Å²) >= 11 is 0. The van der Waals surface area contributed by atoms with Crippen LogP contribution in [0.25, 0.3) is 0 Å². The summed E-state index contributed by atoms with van der Waals surface area (Å²) in [7, 11) is -3.74. The molecular weight excluding hydrogens is 562 g/mol. The zero-order valence-corrected chi connectivity index (χ0v) is 33.2. The first kappa shape index (κ1) is 45.7. The van der Waals surface area contributed by atoms with E-state index in [-0.39, 0.29) is 11.8 Å². The molecule has 0 bridgehead atoms. The summed E-state index contributed by atoms with van der Waals surface area (Å²) in [5.74, 6) is 0.522. The van der Waals surface area contributed by atoms with Gasteiger partial charge in [0.15, 0.2) is 0 Å². The Balaban J connectivity index is 0. The van der Waals surface area contributed by atoms with Crippen molar-refractivity contribution < 1.29 is 9.46 Å². The zero-order chi connectivity index (χ0) is 32.7. The molecule has 0 atom stereocenters. The topological polar surface area (TPSA) is 40.1 Å². The maximum atomic E-state index is 11.3. The van der Waals surface area contributed by atoms with Crippen LogP contribution in [0.3, 0.4) is 0 Å². The normalized spacial score (nSPS) is 12.3. The Labute approximate surface area is 275 Å². The zero-order valence-electron chi connectivity index (χ0n) is 31.4. The molecule has 262 valence electrons. The second kappa shape index (κ2) is 32.6. The highest BCUT2D eigenvalue weighted by Gasteiger charge is 2.34. The molecule has 43 heavy (non-hydrogen) atoms. The lowest BCUT2D eigenvalue weighted by molar-refractivity contribution is -0.175. The number of unbranched alkanes of at least 4 members (excludes halogenated alkanes) is 19. The molecule has 0 aromatic carbocycles. The molecule has 0 aliphatic rings. The van der Waals surface area contributed by atoms with Gasteiger partial charge in [0.1, 0.15) is 0 Å². The highest BCUT2D eigenvalue weighted by Crippen LogP contribution is 2.61. The van der Waals surface area contributed by atoms with E-state index < -0.39 is 14.6 Å². The maximum Gasteiger partial charge on any atom is 0.0594 e. The van der Waals surface area contributed by atoms with Crippen LogP contribution in [0.4, 0.5) is 0 Å². The lowest BCUT2D eigenvalue weighted by atomic mass is 10.1. The van der Waals surface area contributed by atoms with Crippen molar-refractivity contribution in [3.8, 4) is 0 Å². The molecule has 0 saturated carbocycles. The molecule has 0 rings (SSSR count). The van der Waals surface area contributed by atoms with Crippen LogP contribution in [-0.2, 0) is 4.57 Å². The van der Waals surface area contributed by atoms with Crippen molar-refractivity contribution in [3.63, 3.8) is 0 Å². The van der Waals surface area contributed by atoms with Crippen molar-refractivity contribution in [3.05, 3.63) is 0 Å². The van der Waals surface area contributed by atoms with Gasteiger partial charge >= 0.3 is 0 Å². The van der Waals surface area contributed by atoms with E-state index in [9.17, 15) is 9.46 Å². The summed E-state index contributed by atoms with van der Waals surface area (Å²) in [5.41, 5.74) is 0. The summed E-state index contributed by atoms with van der Waals surface area (Å²) in [4.78, 5) is 11.3. The van der Waals surface area contributed by atoms with Crippen molar-refractivity contribution in [2.24, 2.45) is 11.8 Å². The van der Waals surface area contributed by atoms with E-state index >= 15 is 0 Å². The quantitative estimate of drug-likeness (QED) is 0.0555. The standard InChI is InChI=1S/C31H66P.C8H19O2P/c1-5-9-13-16-17-18-19-20-21-22-23-27-31-32(28-24-12-8-4,29-25-14-10-6-2)30-26-15-11-7-3;1-7(2)5-11(9,10)6-8(3)4/h5-31H2,1-4H3;7-8H,5-6H2,1-4H3,(H,9,10)/q+1;/p-1. The van der Waals surface area contributed by atoms with Crippen LogP contribution in [0.15, 0.2) is 0 Å². The molecule has 0 aromatic rings. The summed E-state index contributed by atoms with van der Waals surface area (Å²) in [6, 6.07) is 0. The smallest absolute Gasteiger partial charge is 0.0594 e. The molecule has 0 aliphatic heterocycles. The van der Waals surface area contributed by atoms with Gasteiger partial charge in [-0.25, -0.2) is 0 Å². The highest BCUT2D eigenvalue weighted by molar-refractivity contribution is 7.75. The van der Waals surface area contributed by atoms with Gasteiger partial charge in [-0.1, -0.05) is 158 Å². The van der Waals surface area contributed by atoms with Gasteiger partial charge in [-0.2, -0.15) is 0 Å². The Morgan fingerprint density at radius 3 is 0.907 bits per heavy atom. The number of hydrogen-bond donors (Lipinski definition) is 0. The van der Waals surface area contributed by atoms with Crippen LogP contribution in [0.2, 0.25) is 0 Å². The van der Waals surface area contributed by atoms with Crippen LogP contribution < -0.4 is 4.89 Å². The minimum atomic E-state index is -3.05. The summed E-state index contributed by atoms with van der Waals surface area (Å²) in [6.07, 6.45) is 41.3. The molecule has 0 saturated heterocycles. The van der Waals surface area contributed by atoms with Crippen LogP contribution in [-0.4, -0.2) is 37.0 Å². The average Bonchev–Trinajstić information content (AvgIpc) is 2.93. The third-order valence-corrected chi connectivity index (χ3v) is 16.6. The summed E-state index contributed by atoms with van der Waals surface area (Å²) in [6.45, 7) is 17.2. The lowest BCUT2D eigenvalue weighted by Gasteiger charge is -2.28. The summed E-state index contributed by atoms with van der Waals surface area (Å²) < 4.78 is 11.3. The van der Waals surface area contributed by atoms with Crippen molar-refractivity contribution in [2.45, 2.75) is 203 Å². The third-order valence-electron chi connectivity index (χ3n) is 8.98. The predicted octanol–water partition coefficient (Wildman–Crippen LogP) is 14.0. The van der Waals surface area contributed by atoms with E-state index in [0.717, 1.165) is 0 Å². The first-order chi connectivity index (χ1) is 20.6. The van der Waals surface area contributed by atoms with E-state index in [1.807, 2.05) is 27.7 Å². The molecule has 0 fully saturated rings. The number of hydrogen-bond acceptors (Lipinski definition) is 2. The molecule has 4 heteroatoms. The van der Waals surface area contributed by atoms with Gasteiger partial charge in [-0.15, -0.1) is 0 Å². The highest BCUT2D eigenvalue weighted by atomic mass is 31.2. The maximum absolute atomic E-state index is 11.3. The van der Waals surface area contributed by atoms with E-state index in [1.165, 1.54) is 128 Å². The van der Waals surface area contributed by atoms with E-state index in [1.54, 1.807) is 43.9 Å². The van der Waals surface area contributed by atoms with E-state index in [4.69, 9.17) is 0 Å². The van der Waals surface area contributed by atoms with Gasteiger partial charge in [-0.05, 0) is 69.1 Å². The van der Waals surface area contributed by atoms with Gasteiger partial charge < -0.3 is 9.46 Å². The average molecular weight is 647 g/mol. The van der Waals surface area contributed by atoms with Gasteiger partial charge in [0.05, 0.1) is 24.6 Å². The fourth-order valence-corrected chi connectivity index (χ4v) is 13.9. The van der Waals surface area contributed by atoms with Crippen molar-refractivity contribution in [1.29, 1.82) is 0 Å². The Hall–Kier alpha value is 0.620. The first-order valence-electron chi connectivity index (χ1n) is 19.7. The Morgan fingerprint density at radius 2 is 0.628 bits per heavy atom. The molecule has 0 amide bonds. The van der Waals surface area contributed by atoms with Crippen molar-refractivity contribution in [1.82, 2.24) is 0 Å². The Morgan fingerprint density at radius 1 is 0.419 bits per heavy atom. The van der Waals surface area contributed by atoms with Crippen LogP contribution in [0, 0.1) is 11.8 Å². The largest absolute Gasteiger partial charge is 0.799 e. The molecule has 0 heterocycles. The van der Waals surface area contributed by atoms with Crippen LogP contribution in [0.1, 0.15) is 203 Å². The summed E-state index contributed by atoms with van der Waals surface area (Å²) in [5, 5.41) is 0. The first-order valence-corrected chi connectivity index (χ1v) is 24.2. The molecule has 0 unspecified atom stereocenters. The van der Waals surface area contributed by atoms with Crippen LogP contribution >= 0.6 is 14.6 Å². The second-order valence-electron chi connectivity index (χ2n) is 14.9. The van der Waals surface area contributed by atoms with E-state index in [0.29, 0.717) is 12.3 Å². The lowest BCUT2D eigenvalue weighted by Crippen LogP contribution is -2.15. The molecule has 2 nitrogen and oxygen atoms in total. The third kappa shape index (κ3) is 33.8. The SMILES string of the molecule is CC(C)CP(=O)([O-])CC(C)C.CCCCCCCCCCCCCC[P+](CCCCC)(CCCCCC)CCCCCC. The Bertz CT molecular complexity index is 564. The minimum Gasteiger partial charge on any atom is -0.799 e. The molecule has 0 spiro atoms. The van der Waals surface area contributed by atoms with Gasteiger partial charge in [-0.3, -0.25) is 0 Å².